The van der Waals surface area contributed by atoms with Crippen molar-refractivity contribution in [1.82, 2.24) is 0 Å². The molecule has 0 aliphatic rings. The number of nitrogens with one attached hydrogen (secondary N) is 1. The Morgan fingerprint density at radius 1 is 0.846 bits per heavy atom. The van der Waals surface area contributed by atoms with Crippen LogP contribution in [-0.4, -0.2) is 5.91 Å². The first-order chi connectivity index (χ1) is 12.6. The zero-order valence-corrected chi connectivity index (χ0v) is 17.7. The highest BCUT2D eigenvalue weighted by Crippen LogP contribution is 2.25. The van der Waals surface area contributed by atoms with Crippen LogP contribution in [0, 0.1) is 6.92 Å². The van der Waals surface area contributed by atoms with E-state index in [1.54, 1.807) is 0 Å². The second kappa shape index (κ2) is 15.1. The molecular weight excluding hydrogens is 342 g/mol. The Kier molecular flexibility index (Phi) is 13.4. The van der Waals surface area contributed by atoms with E-state index < -0.39 is 0 Å². The number of hydrogen-bond acceptors (Lipinski definition) is 1. The lowest BCUT2D eigenvalue weighted by molar-refractivity contribution is -0.116. The van der Waals surface area contributed by atoms with Crippen molar-refractivity contribution in [2.45, 2.75) is 104 Å². The minimum atomic E-state index is 0.0734. The van der Waals surface area contributed by atoms with Crippen molar-refractivity contribution in [3.05, 3.63) is 28.8 Å². The van der Waals surface area contributed by atoms with Gasteiger partial charge in [-0.3, -0.25) is 4.79 Å². The number of carbonyl (C=O) groups excluding carboxylic acids is 1. The summed E-state index contributed by atoms with van der Waals surface area (Å²) in [6, 6.07) is 5.68. The van der Waals surface area contributed by atoms with Gasteiger partial charge in [-0.05, 0) is 25.0 Å². The van der Waals surface area contributed by atoms with Crippen LogP contribution in [0.5, 0.6) is 0 Å². The lowest BCUT2D eigenvalue weighted by Crippen LogP contribution is -2.12. The quantitative estimate of drug-likeness (QED) is 0.306. The number of benzene rings is 1. The maximum Gasteiger partial charge on any atom is 0.224 e. The van der Waals surface area contributed by atoms with Crippen molar-refractivity contribution >= 4 is 23.2 Å². The number of para-hydroxylation sites is 1. The molecule has 1 N–H and O–H groups in total. The molecule has 0 bridgehead atoms. The minimum absolute atomic E-state index is 0.0734. The average molecular weight is 380 g/mol. The average Bonchev–Trinajstić information content (AvgIpc) is 2.62. The predicted octanol–water partition coefficient (Wildman–Crippen LogP) is 8.07. The second-order valence-electron chi connectivity index (χ2n) is 7.47. The highest BCUT2D eigenvalue weighted by Gasteiger charge is 2.07. The Morgan fingerprint density at radius 2 is 1.35 bits per heavy atom. The molecule has 0 atom stereocenters. The molecule has 0 saturated carbocycles. The van der Waals surface area contributed by atoms with E-state index in [0.717, 1.165) is 24.1 Å². The Balaban J connectivity index is 1.93. The number of rotatable bonds is 15. The maximum atomic E-state index is 12.0. The summed E-state index contributed by atoms with van der Waals surface area (Å²) in [5.74, 6) is 0.0734. The smallest absolute Gasteiger partial charge is 0.224 e. The van der Waals surface area contributed by atoms with Crippen molar-refractivity contribution in [3.8, 4) is 0 Å². The SMILES string of the molecule is CCCCCCCCCCCCCCCC(=O)Nc1c(C)cccc1Cl. The fourth-order valence-corrected chi connectivity index (χ4v) is 3.56. The number of anilines is 1. The summed E-state index contributed by atoms with van der Waals surface area (Å²) < 4.78 is 0. The number of unbranched alkanes of at least 4 members (excludes halogenated alkanes) is 12. The van der Waals surface area contributed by atoms with Gasteiger partial charge < -0.3 is 5.32 Å². The molecule has 0 spiro atoms. The molecule has 0 radical (unpaired) electrons. The number of amides is 1. The molecule has 0 saturated heterocycles. The van der Waals surface area contributed by atoms with Crippen LogP contribution in [0.15, 0.2) is 18.2 Å². The van der Waals surface area contributed by atoms with E-state index in [-0.39, 0.29) is 5.91 Å². The summed E-state index contributed by atoms with van der Waals surface area (Å²) in [4.78, 5) is 12.0. The van der Waals surface area contributed by atoms with E-state index in [1.807, 2.05) is 25.1 Å². The van der Waals surface area contributed by atoms with Gasteiger partial charge in [0.15, 0.2) is 0 Å². The summed E-state index contributed by atoms with van der Waals surface area (Å²) in [5, 5.41) is 3.57. The molecule has 2 nitrogen and oxygen atoms in total. The monoisotopic (exact) mass is 379 g/mol. The molecule has 0 aromatic heterocycles. The summed E-state index contributed by atoms with van der Waals surface area (Å²) >= 11 is 6.15. The molecule has 0 aliphatic carbocycles. The first-order valence-corrected chi connectivity index (χ1v) is 11.1. The van der Waals surface area contributed by atoms with Crippen molar-refractivity contribution in [3.63, 3.8) is 0 Å². The van der Waals surface area contributed by atoms with Gasteiger partial charge >= 0.3 is 0 Å². The third-order valence-electron chi connectivity index (χ3n) is 4.99. The van der Waals surface area contributed by atoms with E-state index in [0.29, 0.717) is 11.4 Å². The van der Waals surface area contributed by atoms with Crippen LogP contribution in [-0.2, 0) is 4.79 Å². The van der Waals surface area contributed by atoms with Crippen LogP contribution in [0.25, 0.3) is 0 Å². The van der Waals surface area contributed by atoms with Crippen LogP contribution in [0.2, 0.25) is 5.02 Å². The highest BCUT2D eigenvalue weighted by atomic mass is 35.5. The zero-order chi connectivity index (χ0) is 19.0. The molecule has 0 aliphatic heterocycles. The molecular formula is C23H38ClNO. The number of carbonyl (C=O) groups is 1. The van der Waals surface area contributed by atoms with E-state index in [1.165, 1.54) is 70.6 Å². The van der Waals surface area contributed by atoms with Crippen LogP contribution in [0.3, 0.4) is 0 Å². The summed E-state index contributed by atoms with van der Waals surface area (Å²) in [6.07, 6.45) is 17.8. The Bertz CT molecular complexity index is 481. The van der Waals surface area contributed by atoms with Crippen molar-refractivity contribution in [2.75, 3.05) is 5.32 Å². The van der Waals surface area contributed by atoms with Crippen LogP contribution in [0.4, 0.5) is 5.69 Å². The van der Waals surface area contributed by atoms with Gasteiger partial charge in [0.1, 0.15) is 0 Å². The fraction of sp³-hybridized carbons (Fsp3) is 0.696. The van der Waals surface area contributed by atoms with E-state index >= 15 is 0 Å². The zero-order valence-electron chi connectivity index (χ0n) is 16.9. The third-order valence-corrected chi connectivity index (χ3v) is 5.31. The van der Waals surface area contributed by atoms with Gasteiger partial charge in [0.05, 0.1) is 10.7 Å². The molecule has 1 aromatic carbocycles. The molecule has 1 amide bonds. The largest absolute Gasteiger partial charge is 0.325 e. The van der Waals surface area contributed by atoms with Crippen LogP contribution in [0.1, 0.15) is 102 Å². The second-order valence-corrected chi connectivity index (χ2v) is 7.88. The Hall–Kier alpha value is -1.02. The minimum Gasteiger partial charge on any atom is -0.325 e. The fourth-order valence-electron chi connectivity index (χ4n) is 3.30. The van der Waals surface area contributed by atoms with E-state index in [4.69, 9.17) is 11.6 Å². The van der Waals surface area contributed by atoms with Gasteiger partial charge in [0.2, 0.25) is 5.91 Å². The molecule has 0 heterocycles. The van der Waals surface area contributed by atoms with Gasteiger partial charge in [0, 0.05) is 6.42 Å². The summed E-state index contributed by atoms with van der Waals surface area (Å²) in [7, 11) is 0. The number of hydrogen-bond donors (Lipinski definition) is 1. The molecule has 0 fully saturated rings. The van der Waals surface area contributed by atoms with Gasteiger partial charge in [-0.15, -0.1) is 0 Å². The van der Waals surface area contributed by atoms with Crippen molar-refractivity contribution < 1.29 is 4.79 Å². The van der Waals surface area contributed by atoms with Gasteiger partial charge in [-0.1, -0.05) is 108 Å². The number of aryl methyl sites for hydroxylation is 1. The molecule has 148 valence electrons. The lowest BCUT2D eigenvalue weighted by atomic mass is 10.0. The van der Waals surface area contributed by atoms with E-state index in [9.17, 15) is 4.79 Å². The van der Waals surface area contributed by atoms with Crippen molar-refractivity contribution in [2.24, 2.45) is 0 Å². The van der Waals surface area contributed by atoms with Gasteiger partial charge in [-0.2, -0.15) is 0 Å². The molecule has 1 aromatic rings. The predicted molar refractivity (Wildman–Crippen MR) is 115 cm³/mol. The molecule has 1 rings (SSSR count). The normalized spacial score (nSPS) is 10.9. The van der Waals surface area contributed by atoms with Crippen molar-refractivity contribution in [1.29, 1.82) is 0 Å². The summed E-state index contributed by atoms with van der Waals surface area (Å²) in [5.41, 5.74) is 1.77. The van der Waals surface area contributed by atoms with Crippen LogP contribution >= 0.6 is 11.6 Å². The van der Waals surface area contributed by atoms with Crippen LogP contribution < -0.4 is 5.32 Å². The third kappa shape index (κ3) is 10.9. The lowest BCUT2D eigenvalue weighted by Gasteiger charge is -2.10. The number of halogens is 1. The standard InChI is InChI=1S/C23H38ClNO/c1-3-4-5-6-7-8-9-10-11-12-13-14-15-19-22(26)25-23-20(2)17-16-18-21(23)24/h16-18H,3-15,19H2,1-2H3,(H,25,26). The first-order valence-electron chi connectivity index (χ1n) is 10.7. The Labute approximate surface area is 166 Å². The molecule has 0 unspecified atom stereocenters. The Morgan fingerprint density at radius 3 is 1.85 bits per heavy atom. The first kappa shape index (κ1) is 23.0. The summed E-state index contributed by atoms with van der Waals surface area (Å²) in [6.45, 7) is 4.24. The molecule has 26 heavy (non-hydrogen) atoms. The maximum absolute atomic E-state index is 12.0. The van der Waals surface area contributed by atoms with Gasteiger partial charge in [-0.25, -0.2) is 0 Å². The topological polar surface area (TPSA) is 29.1 Å². The molecule has 3 heteroatoms. The highest BCUT2D eigenvalue weighted by molar-refractivity contribution is 6.33. The van der Waals surface area contributed by atoms with E-state index in [2.05, 4.69) is 12.2 Å². The van der Waals surface area contributed by atoms with Gasteiger partial charge in [0.25, 0.3) is 0 Å².